The summed E-state index contributed by atoms with van der Waals surface area (Å²) in [4.78, 5) is 7.13. The van der Waals surface area contributed by atoms with Crippen molar-refractivity contribution in [2.24, 2.45) is 0 Å². The number of aromatic nitrogens is 2. The number of rotatable bonds is 2. The van der Waals surface area contributed by atoms with E-state index in [0.29, 0.717) is 12.0 Å². The minimum absolute atomic E-state index is 0.569. The standard InChI is InChI=1S/C16H23N3/c1-11(2)13-5-6-15-16(9-13)19(12(3)17-15)14-7-8-18(4)10-14/h5-6,9,11,14H,7-8,10H2,1-4H3/t14-/m0/s1. The van der Waals surface area contributed by atoms with Gasteiger partial charge in [-0.25, -0.2) is 4.98 Å². The molecule has 0 saturated carbocycles. The molecule has 1 saturated heterocycles. The van der Waals surface area contributed by atoms with Crippen molar-refractivity contribution in [1.29, 1.82) is 0 Å². The summed E-state index contributed by atoms with van der Waals surface area (Å²) in [5, 5.41) is 0. The van der Waals surface area contributed by atoms with Gasteiger partial charge in [0.25, 0.3) is 0 Å². The van der Waals surface area contributed by atoms with Crippen LogP contribution < -0.4 is 0 Å². The van der Waals surface area contributed by atoms with Crippen LogP contribution in [0.2, 0.25) is 0 Å². The molecule has 1 aliphatic heterocycles. The Labute approximate surface area is 115 Å². The Morgan fingerprint density at radius 1 is 1.32 bits per heavy atom. The van der Waals surface area contributed by atoms with Gasteiger partial charge in [0.1, 0.15) is 5.82 Å². The molecule has 3 heteroatoms. The first-order chi connectivity index (χ1) is 9.06. The second-order valence-corrected chi connectivity index (χ2v) is 6.14. The Morgan fingerprint density at radius 2 is 2.11 bits per heavy atom. The molecule has 0 spiro atoms. The van der Waals surface area contributed by atoms with Crippen molar-refractivity contribution in [2.45, 2.75) is 39.2 Å². The average Bonchev–Trinajstić information content (AvgIpc) is 2.90. The van der Waals surface area contributed by atoms with Crippen LogP contribution in [0, 0.1) is 6.92 Å². The van der Waals surface area contributed by atoms with Crippen molar-refractivity contribution in [2.75, 3.05) is 20.1 Å². The quantitative estimate of drug-likeness (QED) is 0.822. The van der Waals surface area contributed by atoms with E-state index in [1.807, 2.05) is 0 Å². The first kappa shape index (κ1) is 12.7. The van der Waals surface area contributed by atoms with Crippen molar-refractivity contribution in [1.82, 2.24) is 14.5 Å². The maximum atomic E-state index is 4.73. The zero-order valence-corrected chi connectivity index (χ0v) is 12.3. The zero-order chi connectivity index (χ0) is 13.6. The van der Waals surface area contributed by atoms with Gasteiger partial charge in [0.05, 0.1) is 11.0 Å². The highest BCUT2D eigenvalue weighted by Crippen LogP contribution is 2.29. The van der Waals surface area contributed by atoms with Gasteiger partial charge >= 0.3 is 0 Å². The first-order valence-electron chi connectivity index (χ1n) is 7.23. The molecule has 1 aromatic heterocycles. The van der Waals surface area contributed by atoms with Gasteiger partial charge in [0.15, 0.2) is 0 Å². The molecular weight excluding hydrogens is 234 g/mol. The molecule has 0 radical (unpaired) electrons. The van der Waals surface area contributed by atoms with Crippen LogP contribution in [0.3, 0.4) is 0 Å². The summed E-state index contributed by atoms with van der Waals surface area (Å²) in [5.74, 6) is 1.72. The number of hydrogen-bond acceptors (Lipinski definition) is 2. The monoisotopic (exact) mass is 257 g/mol. The van der Waals surface area contributed by atoms with Gasteiger partial charge in [-0.2, -0.15) is 0 Å². The lowest BCUT2D eigenvalue weighted by atomic mass is 10.0. The summed E-state index contributed by atoms with van der Waals surface area (Å²) >= 11 is 0. The van der Waals surface area contributed by atoms with Crippen LogP contribution in [0.4, 0.5) is 0 Å². The van der Waals surface area contributed by atoms with E-state index in [0.717, 1.165) is 17.9 Å². The van der Waals surface area contributed by atoms with E-state index in [1.165, 1.54) is 24.0 Å². The number of likely N-dealkylation sites (N-methyl/N-ethyl adjacent to an activating group) is 1. The van der Waals surface area contributed by atoms with E-state index in [9.17, 15) is 0 Å². The third kappa shape index (κ3) is 2.16. The number of benzene rings is 1. The molecule has 0 amide bonds. The summed E-state index contributed by atoms with van der Waals surface area (Å²) in [6, 6.07) is 7.30. The van der Waals surface area contributed by atoms with E-state index in [-0.39, 0.29) is 0 Å². The predicted octanol–water partition coefficient (Wildman–Crippen LogP) is 3.34. The SMILES string of the molecule is Cc1nc2ccc(C(C)C)cc2n1[C@H]1CCN(C)C1. The molecule has 3 nitrogen and oxygen atoms in total. The smallest absolute Gasteiger partial charge is 0.107 e. The Hall–Kier alpha value is -1.35. The third-order valence-corrected chi connectivity index (χ3v) is 4.29. The summed E-state index contributed by atoms with van der Waals surface area (Å²) in [6.45, 7) is 8.95. The molecule has 1 atom stereocenters. The zero-order valence-electron chi connectivity index (χ0n) is 12.3. The lowest BCUT2D eigenvalue weighted by Crippen LogP contribution is -2.17. The summed E-state index contributed by atoms with van der Waals surface area (Å²) in [7, 11) is 2.20. The van der Waals surface area contributed by atoms with Crippen LogP contribution in [0.1, 0.15) is 43.6 Å². The number of likely N-dealkylation sites (tertiary alicyclic amines) is 1. The van der Waals surface area contributed by atoms with Crippen molar-refractivity contribution in [3.8, 4) is 0 Å². The van der Waals surface area contributed by atoms with Gasteiger partial charge in [0, 0.05) is 12.6 Å². The summed E-state index contributed by atoms with van der Waals surface area (Å²) in [5.41, 5.74) is 3.85. The molecule has 0 N–H and O–H groups in total. The van der Waals surface area contributed by atoms with Gasteiger partial charge in [-0.15, -0.1) is 0 Å². The molecule has 1 aliphatic rings. The van der Waals surface area contributed by atoms with E-state index in [2.05, 4.69) is 55.5 Å². The first-order valence-corrected chi connectivity index (χ1v) is 7.23. The summed E-state index contributed by atoms with van der Waals surface area (Å²) < 4.78 is 2.45. The van der Waals surface area contributed by atoms with E-state index in [1.54, 1.807) is 0 Å². The Morgan fingerprint density at radius 3 is 2.74 bits per heavy atom. The Bertz CT molecular complexity index is 597. The number of imidazole rings is 1. The number of aryl methyl sites for hydroxylation is 1. The fraction of sp³-hybridized carbons (Fsp3) is 0.562. The maximum absolute atomic E-state index is 4.73. The van der Waals surface area contributed by atoms with E-state index in [4.69, 9.17) is 4.98 Å². The Kier molecular flexibility index (Phi) is 3.09. The molecule has 2 aromatic rings. The van der Waals surface area contributed by atoms with Crippen molar-refractivity contribution < 1.29 is 0 Å². The molecule has 0 aliphatic carbocycles. The van der Waals surface area contributed by atoms with Crippen LogP contribution in [0.25, 0.3) is 11.0 Å². The van der Waals surface area contributed by atoms with Crippen LogP contribution in [0.5, 0.6) is 0 Å². The largest absolute Gasteiger partial charge is 0.324 e. The highest BCUT2D eigenvalue weighted by molar-refractivity contribution is 5.77. The van der Waals surface area contributed by atoms with Crippen molar-refractivity contribution >= 4 is 11.0 Å². The fourth-order valence-electron chi connectivity index (χ4n) is 3.17. The molecule has 102 valence electrons. The number of hydrogen-bond donors (Lipinski definition) is 0. The molecule has 19 heavy (non-hydrogen) atoms. The fourth-order valence-corrected chi connectivity index (χ4v) is 3.17. The van der Waals surface area contributed by atoms with Gasteiger partial charge < -0.3 is 9.47 Å². The number of nitrogens with zero attached hydrogens (tertiary/aromatic N) is 3. The normalized spacial score (nSPS) is 20.8. The van der Waals surface area contributed by atoms with Gasteiger partial charge in [-0.3, -0.25) is 0 Å². The van der Waals surface area contributed by atoms with Crippen LogP contribution in [-0.4, -0.2) is 34.6 Å². The van der Waals surface area contributed by atoms with E-state index < -0.39 is 0 Å². The molecule has 0 unspecified atom stereocenters. The Balaban J connectivity index is 2.11. The third-order valence-electron chi connectivity index (χ3n) is 4.29. The van der Waals surface area contributed by atoms with Crippen LogP contribution >= 0.6 is 0 Å². The minimum atomic E-state index is 0.569. The molecule has 0 bridgehead atoms. The second-order valence-electron chi connectivity index (χ2n) is 6.14. The lowest BCUT2D eigenvalue weighted by Gasteiger charge is -2.16. The second kappa shape index (κ2) is 4.64. The maximum Gasteiger partial charge on any atom is 0.107 e. The minimum Gasteiger partial charge on any atom is -0.324 e. The van der Waals surface area contributed by atoms with Gasteiger partial charge in [0.2, 0.25) is 0 Å². The molecule has 2 heterocycles. The highest BCUT2D eigenvalue weighted by Gasteiger charge is 2.24. The molecular formula is C16H23N3. The van der Waals surface area contributed by atoms with Crippen molar-refractivity contribution in [3.63, 3.8) is 0 Å². The van der Waals surface area contributed by atoms with Crippen LogP contribution in [0.15, 0.2) is 18.2 Å². The predicted molar refractivity (Wildman–Crippen MR) is 79.7 cm³/mol. The molecule has 3 rings (SSSR count). The summed E-state index contributed by atoms with van der Waals surface area (Å²) in [6.07, 6.45) is 1.23. The molecule has 1 aromatic carbocycles. The average molecular weight is 257 g/mol. The molecule has 1 fully saturated rings. The highest BCUT2D eigenvalue weighted by atomic mass is 15.2. The van der Waals surface area contributed by atoms with Crippen LogP contribution in [-0.2, 0) is 0 Å². The van der Waals surface area contributed by atoms with Gasteiger partial charge in [-0.1, -0.05) is 19.9 Å². The van der Waals surface area contributed by atoms with Gasteiger partial charge in [-0.05, 0) is 50.6 Å². The number of fused-ring (bicyclic) bond motifs is 1. The lowest BCUT2D eigenvalue weighted by molar-refractivity contribution is 0.393. The topological polar surface area (TPSA) is 21.1 Å². The van der Waals surface area contributed by atoms with Crippen molar-refractivity contribution in [3.05, 3.63) is 29.6 Å². The van der Waals surface area contributed by atoms with E-state index >= 15 is 0 Å².